The normalized spacial score (nSPS) is 24.8. The smallest absolute Gasteiger partial charge is 0.130 e. The molecule has 0 amide bonds. The number of benzene rings is 1. The summed E-state index contributed by atoms with van der Waals surface area (Å²) in [5.41, 5.74) is 0.619. The van der Waals surface area contributed by atoms with Gasteiger partial charge in [-0.25, -0.2) is 4.39 Å². The van der Waals surface area contributed by atoms with Crippen LogP contribution in [0.1, 0.15) is 17.9 Å². The number of hydrogen-bond acceptors (Lipinski definition) is 2. The van der Waals surface area contributed by atoms with Gasteiger partial charge in [-0.3, -0.25) is 0 Å². The molecule has 2 atom stereocenters. The summed E-state index contributed by atoms with van der Waals surface area (Å²) in [5, 5.41) is 8.93. The summed E-state index contributed by atoms with van der Waals surface area (Å²) in [6.45, 7) is 0.127. The highest BCUT2D eigenvalue weighted by Crippen LogP contribution is 2.50. The topological polar surface area (TPSA) is 29.5 Å². The summed E-state index contributed by atoms with van der Waals surface area (Å²) < 4.78 is 18.6. The molecule has 1 aromatic carbocycles. The third-order valence-electron chi connectivity index (χ3n) is 2.76. The molecule has 1 unspecified atom stereocenters. The lowest BCUT2D eigenvalue weighted by molar-refractivity contribution is 0.273. The van der Waals surface area contributed by atoms with Crippen LogP contribution in [0.2, 0.25) is 0 Å². The molecule has 1 aromatic rings. The summed E-state index contributed by atoms with van der Waals surface area (Å²) >= 11 is 0. The molecule has 2 nitrogen and oxygen atoms in total. The van der Waals surface area contributed by atoms with Gasteiger partial charge in [0.15, 0.2) is 0 Å². The average molecular weight is 196 g/mol. The molecule has 14 heavy (non-hydrogen) atoms. The molecule has 76 valence electrons. The predicted octanol–water partition coefficient (Wildman–Crippen LogP) is 1.93. The highest BCUT2D eigenvalue weighted by molar-refractivity contribution is 5.40. The van der Waals surface area contributed by atoms with Crippen LogP contribution >= 0.6 is 0 Å². The Morgan fingerprint density at radius 3 is 2.93 bits per heavy atom. The molecule has 1 aliphatic carbocycles. The van der Waals surface area contributed by atoms with E-state index in [9.17, 15) is 4.39 Å². The fourth-order valence-corrected chi connectivity index (χ4v) is 1.86. The number of methoxy groups -OCH3 is 1. The van der Waals surface area contributed by atoms with Gasteiger partial charge in [0.1, 0.15) is 11.6 Å². The third kappa shape index (κ3) is 1.48. The van der Waals surface area contributed by atoms with Gasteiger partial charge in [-0.15, -0.1) is 0 Å². The minimum absolute atomic E-state index is 0.127. The molecule has 0 radical (unpaired) electrons. The predicted molar refractivity (Wildman–Crippen MR) is 50.9 cm³/mol. The Hall–Kier alpha value is -1.09. The van der Waals surface area contributed by atoms with Crippen molar-refractivity contribution >= 4 is 0 Å². The summed E-state index contributed by atoms with van der Waals surface area (Å²) in [6, 6.07) is 4.82. The first-order chi connectivity index (χ1) is 6.77. The van der Waals surface area contributed by atoms with Gasteiger partial charge in [0, 0.05) is 12.2 Å². The van der Waals surface area contributed by atoms with Gasteiger partial charge in [0.2, 0.25) is 0 Å². The van der Waals surface area contributed by atoms with Crippen molar-refractivity contribution in [1.82, 2.24) is 0 Å². The van der Waals surface area contributed by atoms with E-state index in [-0.39, 0.29) is 24.3 Å². The summed E-state index contributed by atoms with van der Waals surface area (Å²) in [4.78, 5) is 0. The van der Waals surface area contributed by atoms with Gasteiger partial charge in [0.05, 0.1) is 7.11 Å². The zero-order valence-electron chi connectivity index (χ0n) is 8.03. The van der Waals surface area contributed by atoms with Crippen LogP contribution in [0.15, 0.2) is 18.2 Å². The Morgan fingerprint density at radius 1 is 1.57 bits per heavy atom. The van der Waals surface area contributed by atoms with E-state index >= 15 is 0 Å². The highest BCUT2D eigenvalue weighted by Gasteiger charge is 2.41. The van der Waals surface area contributed by atoms with Gasteiger partial charge < -0.3 is 9.84 Å². The lowest BCUT2D eigenvalue weighted by Crippen LogP contribution is -1.96. The molecule has 0 heterocycles. The van der Waals surface area contributed by atoms with E-state index in [1.807, 2.05) is 0 Å². The molecular formula is C11H13FO2. The SMILES string of the molecule is COc1cccc(F)c1C1C[C@H]1CO. The number of aliphatic hydroxyl groups is 1. The van der Waals surface area contributed by atoms with E-state index in [0.29, 0.717) is 11.3 Å². The van der Waals surface area contributed by atoms with Crippen molar-refractivity contribution in [2.45, 2.75) is 12.3 Å². The van der Waals surface area contributed by atoms with E-state index in [0.717, 1.165) is 6.42 Å². The third-order valence-corrected chi connectivity index (χ3v) is 2.76. The minimum atomic E-state index is -0.231. The first kappa shape index (κ1) is 9.46. The number of aliphatic hydroxyl groups excluding tert-OH is 1. The van der Waals surface area contributed by atoms with Gasteiger partial charge in [0.25, 0.3) is 0 Å². The molecule has 1 fully saturated rings. The first-order valence-electron chi connectivity index (χ1n) is 4.71. The van der Waals surface area contributed by atoms with Gasteiger partial charge >= 0.3 is 0 Å². The molecule has 2 rings (SSSR count). The van der Waals surface area contributed by atoms with Crippen molar-refractivity contribution in [3.05, 3.63) is 29.6 Å². The molecule has 0 bridgehead atoms. The number of ether oxygens (including phenoxy) is 1. The van der Waals surface area contributed by atoms with Crippen molar-refractivity contribution in [1.29, 1.82) is 0 Å². The number of rotatable bonds is 3. The molecule has 0 spiro atoms. The van der Waals surface area contributed by atoms with Crippen molar-refractivity contribution in [2.75, 3.05) is 13.7 Å². The molecule has 0 aromatic heterocycles. The van der Waals surface area contributed by atoms with E-state index in [1.165, 1.54) is 13.2 Å². The summed E-state index contributed by atoms with van der Waals surface area (Å²) in [5.74, 6) is 0.702. The second-order valence-corrected chi connectivity index (χ2v) is 3.64. The Morgan fingerprint density at radius 2 is 2.36 bits per heavy atom. The van der Waals surface area contributed by atoms with Crippen LogP contribution in [0.25, 0.3) is 0 Å². The number of hydrogen-bond donors (Lipinski definition) is 1. The van der Waals surface area contributed by atoms with Crippen LogP contribution in [-0.4, -0.2) is 18.8 Å². The second-order valence-electron chi connectivity index (χ2n) is 3.64. The standard InChI is InChI=1S/C11H13FO2/c1-14-10-4-2-3-9(12)11(10)8-5-7(8)6-13/h2-4,7-8,13H,5-6H2,1H3/t7-,8?/m0/s1. The fourth-order valence-electron chi connectivity index (χ4n) is 1.86. The van der Waals surface area contributed by atoms with Crippen molar-refractivity contribution in [3.63, 3.8) is 0 Å². The maximum atomic E-state index is 13.5. The summed E-state index contributed by atoms with van der Waals surface area (Å²) in [7, 11) is 1.54. The fraction of sp³-hybridized carbons (Fsp3) is 0.455. The van der Waals surface area contributed by atoms with Crippen LogP contribution in [0.3, 0.4) is 0 Å². The quantitative estimate of drug-likeness (QED) is 0.800. The second kappa shape index (κ2) is 3.58. The van der Waals surface area contributed by atoms with Crippen LogP contribution in [0, 0.1) is 11.7 Å². The van der Waals surface area contributed by atoms with Gasteiger partial charge in [-0.05, 0) is 30.4 Å². The Kier molecular flexibility index (Phi) is 2.42. The van der Waals surface area contributed by atoms with Gasteiger partial charge in [-0.2, -0.15) is 0 Å². The maximum Gasteiger partial charge on any atom is 0.130 e. The van der Waals surface area contributed by atoms with Crippen LogP contribution in [-0.2, 0) is 0 Å². The van der Waals surface area contributed by atoms with Crippen LogP contribution < -0.4 is 4.74 Å². The molecule has 0 aliphatic heterocycles. The highest BCUT2D eigenvalue weighted by atomic mass is 19.1. The number of halogens is 1. The van der Waals surface area contributed by atoms with Crippen molar-refractivity contribution < 1.29 is 14.2 Å². The van der Waals surface area contributed by atoms with Crippen molar-refractivity contribution in [2.24, 2.45) is 5.92 Å². The lowest BCUT2D eigenvalue weighted by Gasteiger charge is -2.08. The van der Waals surface area contributed by atoms with Crippen LogP contribution in [0.4, 0.5) is 4.39 Å². The van der Waals surface area contributed by atoms with E-state index in [4.69, 9.17) is 9.84 Å². The zero-order valence-corrected chi connectivity index (χ0v) is 8.03. The summed E-state index contributed by atoms with van der Waals surface area (Å²) in [6.07, 6.45) is 0.855. The zero-order chi connectivity index (χ0) is 10.1. The Bertz CT molecular complexity index is 338. The van der Waals surface area contributed by atoms with Crippen molar-refractivity contribution in [3.8, 4) is 5.75 Å². The molecule has 0 saturated heterocycles. The maximum absolute atomic E-state index is 13.5. The van der Waals surface area contributed by atoms with Crippen LogP contribution in [0.5, 0.6) is 5.75 Å². The molecule has 1 aliphatic rings. The monoisotopic (exact) mass is 196 g/mol. The largest absolute Gasteiger partial charge is 0.496 e. The van der Waals surface area contributed by atoms with Gasteiger partial charge in [-0.1, -0.05) is 6.07 Å². The lowest BCUT2D eigenvalue weighted by atomic mass is 10.1. The molecule has 1 N–H and O–H groups in total. The average Bonchev–Trinajstić information content (AvgIpc) is 2.96. The molecular weight excluding hydrogens is 183 g/mol. The Balaban J connectivity index is 2.32. The van der Waals surface area contributed by atoms with E-state index in [2.05, 4.69) is 0 Å². The molecule has 3 heteroatoms. The Labute approximate surface area is 82.3 Å². The van der Waals surface area contributed by atoms with E-state index in [1.54, 1.807) is 12.1 Å². The van der Waals surface area contributed by atoms with E-state index < -0.39 is 0 Å². The molecule has 1 saturated carbocycles. The minimum Gasteiger partial charge on any atom is -0.496 e. The first-order valence-corrected chi connectivity index (χ1v) is 4.71.